The van der Waals surface area contributed by atoms with Gasteiger partial charge in [0, 0.05) is 24.2 Å². The molecular weight excluding hydrogens is 425 g/mol. The van der Waals surface area contributed by atoms with Gasteiger partial charge in [-0.15, -0.1) is 0 Å². The number of halogens is 2. The number of nitrogens with one attached hydrogen (secondary N) is 2. The fourth-order valence-electron chi connectivity index (χ4n) is 2.42. The summed E-state index contributed by atoms with van der Waals surface area (Å²) in [5.41, 5.74) is 0.409. The molecule has 0 aromatic heterocycles. The van der Waals surface area contributed by atoms with Crippen molar-refractivity contribution in [1.82, 2.24) is 4.72 Å². The molecule has 2 N–H and O–H groups in total. The monoisotopic (exact) mass is 439 g/mol. The van der Waals surface area contributed by atoms with Crippen molar-refractivity contribution in [2.45, 2.75) is 17.7 Å². The third-order valence-corrected chi connectivity index (χ3v) is 5.73. The Morgan fingerprint density at radius 2 is 2.00 bits per heavy atom. The van der Waals surface area contributed by atoms with E-state index in [0.29, 0.717) is 18.8 Å². The first kappa shape index (κ1) is 18.5. The van der Waals surface area contributed by atoms with E-state index >= 15 is 0 Å². The van der Waals surface area contributed by atoms with E-state index in [2.05, 4.69) is 31.0 Å². The van der Waals surface area contributed by atoms with Gasteiger partial charge in [-0.1, -0.05) is 6.07 Å². The predicted molar refractivity (Wildman–Crippen MR) is 100 cm³/mol. The van der Waals surface area contributed by atoms with Crippen LogP contribution in [-0.2, 0) is 10.0 Å². The van der Waals surface area contributed by atoms with Crippen molar-refractivity contribution in [3.63, 3.8) is 0 Å². The van der Waals surface area contributed by atoms with Crippen molar-refractivity contribution in [2.75, 3.05) is 11.9 Å². The van der Waals surface area contributed by atoms with Crippen LogP contribution < -0.4 is 10.0 Å². The predicted octanol–water partition coefficient (Wildman–Crippen LogP) is 3.31. The summed E-state index contributed by atoms with van der Waals surface area (Å²) >= 11 is 3.02. The van der Waals surface area contributed by atoms with Gasteiger partial charge in [0.1, 0.15) is 11.7 Å². The number of sulfonamides is 1. The maximum absolute atomic E-state index is 13.6. The standard InChI is InChI=1S/C17H15BrFN3O3S/c18-14-7-6-11(9-15(14)19)17(23)21-12-3-1-4-13(10-12)26(24,25)22-16-5-2-8-20-16/h1,3-4,6-7,9-10H,2,5,8H2,(H,20,22)(H,21,23). The van der Waals surface area contributed by atoms with Crippen LogP contribution in [0, 0.1) is 5.82 Å². The lowest BCUT2D eigenvalue weighted by Crippen LogP contribution is -2.29. The molecule has 0 aliphatic carbocycles. The van der Waals surface area contributed by atoms with Crippen molar-refractivity contribution < 1.29 is 17.6 Å². The van der Waals surface area contributed by atoms with Crippen LogP contribution in [0.4, 0.5) is 10.1 Å². The summed E-state index contributed by atoms with van der Waals surface area (Å²) in [4.78, 5) is 16.3. The summed E-state index contributed by atoms with van der Waals surface area (Å²) in [5, 5.41) is 2.57. The third-order valence-electron chi connectivity index (χ3n) is 3.71. The van der Waals surface area contributed by atoms with E-state index in [4.69, 9.17) is 0 Å². The minimum atomic E-state index is -3.78. The van der Waals surface area contributed by atoms with Crippen LogP contribution in [0.5, 0.6) is 0 Å². The van der Waals surface area contributed by atoms with E-state index in [9.17, 15) is 17.6 Å². The molecule has 1 aliphatic heterocycles. The Labute approximate surface area is 158 Å². The normalized spacial score (nSPS) is 14.0. The molecule has 1 amide bonds. The van der Waals surface area contributed by atoms with Gasteiger partial charge in [0.15, 0.2) is 0 Å². The second kappa shape index (κ2) is 7.55. The average molecular weight is 440 g/mol. The highest BCUT2D eigenvalue weighted by Gasteiger charge is 2.19. The molecule has 26 heavy (non-hydrogen) atoms. The highest BCUT2D eigenvalue weighted by molar-refractivity contribution is 9.10. The van der Waals surface area contributed by atoms with Crippen molar-refractivity contribution in [2.24, 2.45) is 4.99 Å². The average Bonchev–Trinajstić information content (AvgIpc) is 3.10. The number of benzene rings is 2. The van der Waals surface area contributed by atoms with E-state index in [0.717, 1.165) is 12.5 Å². The number of anilines is 1. The van der Waals surface area contributed by atoms with Gasteiger partial charge in [0.25, 0.3) is 15.9 Å². The van der Waals surface area contributed by atoms with Crippen molar-refractivity contribution in [3.8, 4) is 0 Å². The highest BCUT2D eigenvalue weighted by atomic mass is 79.9. The lowest BCUT2D eigenvalue weighted by Gasteiger charge is -2.10. The molecule has 0 fully saturated rings. The topological polar surface area (TPSA) is 87.6 Å². The van der Waals surface area contributed by atoms with Gasteiger partial charge < -0.3 is 5.32 Å². The van der Waals surface area contributed by atoms with Gasteiger partial charge in [0.05, 0.1) is 9.37 Å². The molecule has 2 aromatic rings. The van der Waals surface area contributed by atoms with Crippen molar-refractivity contribution in [1.29, 1.82) is 0 Å². The zero-order valence-electron chi connectivity index (χ0n) is 13.5. The Morgan fingerprint density at radius 3 is 2.69 bits per heavy atom. The Kier molecular flexibility index (Phi) is 5.38. The molecule has 1 aliphatic rings. The Bertz CT molecular complexity index is 992. The van der Waals surface area contributed by atoms with Crippen LogP contribution >= 0.6 is 15.9 Å². The second-order valence-electron chi connectivity index (χ2n) is 5.65. The zero-order chi connectivity index (χ0) is 18.7. The molecule has 0 saturated heterocycles. The van der Waals surface area contributed by atoms with Crippen LogP contribution in [-0.4, -0.2) is 26.7 Å². The summed E-state index contributed by atoms with van der Waals surface area (Å²) in [6.45, 7) is 0.609. The maximum atomic E-state index is 13.6. The molecule has 0 radical (unpaired) electrons. The number of rotatable bonds is 4. The maximum Gasteiger partial charge on any atom is 0.262 e. The number of aliphatic imine (C=N–C) groups is 1. The molecule has 0 saturated carbocycles. The van der Waals surface area contributed by atoms with Crippen LogP contribution in [0.2, 0.25) is 0 Å². The number of amidine groups is 1. The van der Waals surface area contributed by atoms with Crippen molar-refractivity contribution >= 4 is 43.4 Å². The van der Waals surface area contributed by atoms with Crippen LogP contribution in [0.15, 0.2) is 56.8 Å². The summed E-state index contributed by atoms with van der Waals surface area (Å²) in [5.74, 6) is -0.667. The Morgan fingerprint density at radius 1 is 1.19 bits per heavy atom. The summed E-state index contributed by atoms with van der Waals surface area (Å²) < 4.78 is 41.1. The lowest BCUT2D eigenvalue weighted by atomic mass is 10.2. The molecule has 0 spiro atoms. The number of hydrogen-bond donors (Lipinski definition) is 2. The molecule has 9 heteroatoms. The fourth-order valence-corrected chi connectivity index (χ4v) is 3.80. The molecule has 136 valence electrons. The van der Waals surface area contributed by atoms with Gasteiger partial charge in [-0.2, -0.15) is 0 Å². The third kappa shape index (κ3) is 4.28. The number of carbonyl (C=O) groups is 1. The van der Waals surface area contributed by atoms with Gasteiger partial charge in [-0.25, -0.2) is 12.8 Å². The minimum absolute atomic E-state index is 0.00638. The van der Waals surface area contributed by atoms with Gasteiger partial charge >= 0.3 is 0 Å². The molecular formula is C17H15BrFN3O3S. The molecule has 0 atom stereocenters. The summed E-state index contributed by atoms with van der Waals surface area (Å²) in [7, 11) is -3.78. The van der Waals surface area contributed by atoms with E-state index < -0.39 is 21.7 Å². The first-order valence-electron chi connectivity index (χ1n) is 7.78. The molecule has 0 bridgehead atoms. The number of hydrogen-bond acceptors (Lipinski definition) is 4. The van der Waals surface area contributed by atoms with Crippen LogP contribution in [0.1, 0.15) is 23.2 Å². The van der Waals surface area contributed by atoms with Gasteiger partial charge in [-0.05, 0) is 58.7 Å². The number of carbonyl (C=O) groups excluding carboxylic acids is 1. The van der Waals surface area contributed by atoms with Gasteiger partial charge in [0.2, 0.25) is 0 Å². The summed E-state index contributed by atoms with van der Waals surface area (Å²) in [6.07, 6.45) is 1.41. The van der Waals surface area contributed by atoms with E-state index in [1.165, 1.54) is 30.3 Å². The SMILES string of the molecule is O=C(Nc1cccc(S(=O)(=O)NC2=NCCC2)c1)c1ccc(Br)c(F)c1. The van der Waals surface area contributed by atoms with Gasteiger partial charge in [-0.3, -0.25) is 14.5 Å². The number of amides is 1. The number of nitrogens with zero attached hydrogens (tertiary/aromatic N) is 1. The van der Waals surface area contributed by atoms with E-state index in [1.807, 2.05) is 0 Å². The van der Waals surface area contributed by atoms with Crippen LogP contribution in [0.3, 0.4) is 0 Å². The molecule has 6 nitrogen and oxygen atoms in total. The van der Waals surface area contributed by atoms with Crippen molar-refractivity contribution in [3.05, 3.63) is 58.3 Å². The molecule has 2 aromatic carbocycles. The molecule has 1 heterocycles. The lowest BCUT2D eigenvalue weighted by molar-refractivity contribution is 0.102. The highest BCUT2D eigenvalue weighted by Crippen LogP contribution is 2.19. The zero-order valence-corrected chi connectivity index (χ0v) is 15.9. The Hall–Kier alpha value is -2.26. The minimum Gasteiger partial charge on any atom is -0.322 e. The fraction of sp³-hybridized carbons (Fsp3) is 0.176. The second-order valence-corrected chi connectivity index (χ2v) is 8.19. The molecule has 0 unspecified atom stereocenters. The van der Waals surface area contributed by atoms with E-state index in [-0.39, 0.29) is 20.6 Å². The quantitative estimate of drug-likeness (QED) is 0.765. The van der Waals surface area contributed by atoms with E-state index in [1.54, 1.807) is 6.07 Å². The summed E-state index contributed by atoms with van der Waals surface area (Å²) in [6, 6.07) is 9.82. The largest absolute Gasteiger partial charge is 0.322 e. The first-order chi connectivity index (χ1) is 12.3. The van der Waals surface area contributed by atoms with Crippen LogP contribution in [0.25, 0.3) is 0 Å². The first-order valence-corrected chi connectivity index (χ1v) is 10.1. The Balaban J connectivity index is 1.78. The molecule has 3 rings (SSSR count). The smallest absolute Gasteiger partial charge is 0.262 e.